The van der Waals surface area contributed by atoms with Crippen LogP contribution in [0.15, 0.2) is 18.2 Å². The molecule has 0 radical (unpaired) electrons. The molecule has 1 unspecified atom stereocenters. The number of halogens is 3. The molecular formula is C18H23F3N2O3. The van der Waals surface area contributed by atoms with Crippen molar-refractivity contribution in [3.05, 3.63) is 23.8 Å². The minimum Gasteiger partial charge on any atom is -0.486 e. The van der Waals surface area contributed by atoms with E-state index in [9.17, 15) is 18.0 Å². The summed E-state index contributed by atoms with van der Waals surface area (Å²) in [7, 11) is 0. The number of ether oxygens (including phenoxy) is 2. The number of carbonyl (C=O) groups excluding carboxylic acids is 1. The third-order valence-corrected chi connectivity index (χ3v) is 4.49. The van der Waals surface area contributed by atoms with Crippen molar-refractivity contribution in [1.82, 2.24) is 10.2 Å². The first-order chi connectivity index (χ1) is 12.4. The van der Waals surface area contributed by atoms with Crippen LogP contribution in [0.25, 0.3) is 0 Å². The van der Waals surface area contributed by atoms with Crippen molar-refractivity contribution in [3.8, 4) is 11.5 Å². The van der Waals surface area contributed by atoms with E-state index in [1.165, 1.54) is 0 Å². The predicted octanol–water partition coefficient (Wildman–Crippen LogP) is 2.53. The second kappa shape index (κ2) is 8.16. The van der Waals surface area contributed by atoms with E-state index in [1.807, 2.05) is 12.1 Å². The summed E-state index contributed by atoms with van der Waals surface area (Å²) >= 11 is 0. The number of nitrogens with one attached hydrogen (secondary N) is 1. The summed E-state index contributed by atoms with van der Waals surface area (Å²) in [5.74, 6) is 0.312. The first-order valence-electron chi connectivity index (χ1n) is 8.86. The van der Waals surface area contributed by atoms with E-state index in [-0.39, 0.29) is 6.04 Å². The Balaban J connectivity index is 1.67. The average molecular weight is 372 g/mol. The van der Waals surface area contributed by atoms with Gasteiger partial charge in [-0.25, -0.2) is 0 Å². The molecule has 0 aliphatic carbocycles. The van der Waals surface area contributed by atoms with E-state index in [1.54, 1.807) is 6.07 Å². The Labute approximate surface area is 150 Å². The number of nitrogens with zero attached hydrogens (tertiary/aromatic N) is 1. The fraction of sp³-hybridized carbons (Fsp3) is 0.611. The van der Waals surface area contributed by atoms with Gasteiger partial charge in [0.1, 0.15) is 19.6 Å². The van der Waals surface area contributed by atoms with Gasteiger partial charge in [0, 0.05) is 12.6 Å². The highest BCUT2D eigenvalue weighted by molar-refractivity contribution is 5.77. The number of carbonyl (C=O) groups is 1. The van der Waals surface area contributed by atoms with E-state index >= 15 is 0 Å². The van der Waals surface area contributed by atoms with Crippen LogP contribution < -0.4 is 14.8 Å². The summed E-state index contributed by atoms with van der Waals surface area (Å²) in [6.45, 7) is 3.32. The van der Waals surface area contributed by atoms with Crippen LogP contribution in [0.3, 0.4) is 0 Å². The standard InChI is InChI=1S/C18H23F3N2O3/c19-18(20,21)11-17(24)22-14(12-23-5-1-2-6-23)9-13-3-4-15-16(10-13)26-8-7-25-15/h3-4,10,14H,1-2,5-9,11-12H2,(H,22,24). The smallest absolute Gasteiger partial charge is 0.397 e. The molecule has 1 atom stereocenters. The van der Waals surface area contributed by atoms with Gasteiger partial charge in [0.15, 0.2) is 11.5 Å². The number of hydrogen-bond acceptors (Lipinski definition) is 4. The molecule has 5 nitrogen and oxygen atoms in total. The molecule has 0 spiro atoms. The Morgan fingerprint density at radius 1 is 1.15 bits per heavy atom. The summed E-state index contributed by atoms with van der Waals surface area (Å²) in [5.41, 5.74) is 0.894. The van der Waals surface area contributed by atoms with E-state index in [0.29, 0.717) is 37.7 Å². The van der Waals surface area contributed by atoms with Gasteiger partial charge in [-0.2, -0.15) is 13.2 Å². The molecule has 2 heterocycles. The highest BCUT2D eigenvalue weighted by Gasteiger charge is 2.32. The quantitative estimate of drug-likeness (QED) is 0.834. The third kappa shape index (κ3) is 5.52. The normalized spacial score (nSPS) is 18.6. The van der Waals surface area contributed by atoms with E-state index in [4.69, 9.17) is 9.47 Å². The van der Waals surface area contributed by atoms with Gasteiger partial charge in [0.05, 0.1) is 0 Å². The van der Waals surface area contributed by atoms with E-state index in [0.717, 1.165) is 31.5 Å². The molecule has 2 aliphatic rings. The second-order valence-corrected chi connectivity index (χ2v) is 6.75. The van der Waals surface area contributed by atoms with Gasteiger partial charge in [-0.05, 0) is 50.0 Å². The molecule has 3 rings (SSSR count). The number of fused-ring (bicyclic) bond motifs is 1. The van der Waals surface area contributed by atoms with Crippen LogP contribution in [0.5, 0.6) is 11.5 Å². The Morgan fingerprint density at radius 2 is 1.85 bits per heavy atom. The van der Waals surface area contributed by atoms with Gasteiger partial charge in [0.25, 0.3) is 0 Å². The van der Waals surface area contributed by atoms with Gasteiger partial charge in [-0.15, -0.1) is 0 Å². The molecule has 1 aromatic carbocycles. The number of rotatable bonds is 6. The van der Waals surface area contributed by atoms with Crippen molar-refractivity contribution < 1.29 is 27.4 Å². The maximum atomic E-state index is 12.5. The molecule has 8 heteroatoms. The molecule has 144 valence electrons. The maximum Gasteiger partial charge on any atom is 0.397 e. The molecule has 1 amide bonds. The molecule has 26 heavy (non-hydrogen) atoms. The molecule has 0 saturated carbocycles. The van der Waals surface area contributed by atoms with Crippen molar-refractivity contribution in [2.45, 2.75) is 37.9 Å². The zero-order valence-corrected chi connectivity index (χ0v) is 14.5. The Hall–Kier alpha value is -1.96. The molecule has 0 aromatic heterocycles. The first-order valence-corrected chi connectivity index (χ1v) is 8.86. The molecule has 1 N–H and O–H groups in total. The van der Waals surface area contributed by atoms with Crippen molar-refractivity contribution in [2.75, 3.05) is 32.8 Å². The summed E-state index contributed by atoms with van der Waals surface area (Å²) in [4.78, 5) is 13.9. The summed E-state index contributed by atoms with van der Waals surface area (Å²) in [6, 6.07) is 5.11. The number of likely N-dealkylation sites (tertiary alicyclic amines) is 1. The number of benzene rings is 1. The molecule has 1 fully saturated rings. The summed E-state index contributed by atoms with van der Waals surface area (Å²) in [5, 5.41) is 2.56. The number of amides is 1. The first kappa shape index (κ1) is 18.8. The Morgan fingerprint density at radius 3 is 2.54 bits per heavy atom. The predicted molar refractivity (Wildman–Crippen MR) is 89.4 cm³/mol. The van der Waals surface area contributed by atoms with Crippen LogP contribution in [-0.2, 0) is 11.2 Å². The molecular weight excluding hydrogens is 349 g/mol. The summed E-state index contributed by atoms with van der Waals surface area (Å²) < 4.78 is 48.5. The van der Waals surface area contributed by atoms with E-state index < -0.39 is 18.5 Å². The van der Waals surface area contributed by atoms with Crippen LogP contribution >= 0.6 is 0 Å². The fourth-order valence-electron chi connectivity index (χ4n) is 3.40. The van der Waals surface area contributed by atoms with Crippen LogP contribution in [-0.4, -0.2) is 55.9 Å². The highest BCUT2D eigenvalue weighted by Crippen LogP contribution is 2.31. The number of alkyl halides is 3. The highest BCUT2D eigenvalue weighted by atomic mass is 19.4. The zero-order chi connectivity index (χ0) is 18.6. The van der Waals surface area contributed by atoms with Gasteiger partial charge < -0.3 is 19.7 Å². The van der Waals surface area contributed by atoms with E-state index in [2.05, 4.69) is 10.2 Å². The van der Waals surface area contributed by atoms with Gasteiger partial charge in [-0.3, -0.25) is 4.79 Å². The number of hydrogen-bond donors (Lipinski definition) is 1. The van der Waals surface area contributed by atoms with Gasteiger partial charge in [0.2, 0.25) is 5.91 Å². The minimum absolute atomic E-state index is 0.384. The lowest BCUT2D eigenvalue weighted by Crippen LogP contribution is -2.45. The van der Waals surface area contributed by atoms with Crippen molar-refractivity contribution >= 4 is 5.91 Å². The third-order valence-electron chi connectivity index (χ3n) is 4.49. The SMILES string of the molecule is O=C(CC(F)(F)F)NC(Cc1ccc2c(c1)OCCO2)CN1CCCC1. The molecule has 1 aromatic rings. The zero-order valence-electron chi connectivity index (χ0n) is 14.5. The Bertz CT molecular complexity index is 631. The average Bonchev–Trinajstić information content (AvgIpc) is 3.06. The van der Waals surface area contributed by atoms with Crippen LogP contribution in [0, 0.1) is 0 Å². The van der Waals surface area contributed by atoms with Gasteiger partial charge in [-0.1, -0.05) is 6.07 Å². The summed E-state index contributed by atoms with van der Waals surface area (Å²) in [6.07, 6.45) is -3.36. The monoisotopic (exact) mass is 372 g/mol. The lowest BCUT2D eigenvalue weighted by Gasteiger charge is -2.25. The molecule has 1 saturated heterocycles. The maximum absolute atomic E-state index is 12.5. The second-order valence-electron chi connectivity index (χ2n) is 6.75. The van der Waals surface area contributed by atoms with Crippen LogP contribution in [0.4, 0.5) is 13.2 Å². The van der Waals surface area contributed by atoms with Gasteiger partial charge >= 0.3 is 6.18 Å². The molecule has 0 bridgehead atoms. The fourth-order valence-corrected chi connectivity index (χ4v) is 3.40. The van der Waals surface area contributed by atoms with Crippen molar-refractivity contribution in [2.24, 2.45) is 0 Å². The lowest BCUT2D eigenvalue weighted by atomic mass is 10.0. The topological polar surface area (TPSA) is 50.8 Å². The van der Waals surface area contributed by atoms with Crippen molar-refractivity contribution in [1.29, 1.82) is 0 Å². The minimum atomic E-state index is -4.50. The van der Waals surface area contributed by atoms with Crippen LogP contribution in [0.2, 0.25) is 0 Å². The Kier molecular flexibility index (Phi) is 5.90. The van der Waals surface area contributed by atoms with Crippen molar-refractivity contribution in [3.63, 3.8) is 0 Å². The lowest BCUT2D eigenvalue weighted by molar-refractivity contribution is -0.154. The largest absolute Gasteiger partial charge is 0.486 e. The van der Waals surface area contributed by atoms with Crippen LogP contribution in [0.1, 0.15) is 24.8 Å². The molecule has 2 aliphatic heterocycles.